The maximum Gasteiger partial charge on any atom is 0.0865 e. The molecule has 0 aliphatic heterocycles. The summed E-state index contributed by atoms with van der Waals surface area (Å²) in [4.78, 5) is 0. The first kappa shape index (κ1) is 3.61. The van der Waals surface area contributed by atoms with Gasteiger partial charge in [-0.3, -0.25) is 0 Å². The minimum absolute atomic E-state index is 1.64. The van der Waals surface area contributed by atoms with Crippen LogP contribution in [0.1, 0.15) is 0 Å². The van der Waals surface area contributed by atoms with Gasteiger partial charge in [-0.05, 0) is 0 Å². The van der Waals surface area contributed by atoms with Crippen LogP contribution < -0.4 is 0 Å². The van der Waals surface area contributed by atoms with Crippen molar-refractivity contribution in [1.82, 2.24) is 0 Å². The van der Waals surface area contributed by atoms with Crippen LogP contribution in [-0.2, 0) is 0 Å². The molecule has 0 aromatic rings. The summed E-state index contributed by atoms with van der Waals surface area (Å²) in [7, 11) is 0. The summed E-state index contributed by atoms with van der Waals surface area (Å²) >= 11 is 0. The predicted octanol–water partition coefficient (Wildman–Crippen LogP) is 1.21. The predicted molar refractivity (Wildman–Crippen MR) is 19.9 cm³/mol. The van der Waals surface area contributed by atoms with E-state index < -0.39 is 0 Å². The molecule has 0 heterocycles. The Morgan fingerprint density at radius 3 is 2.00 bits per heavy atom. The van der Waals surface area contributed by atoms with Crippen LogP contribution >= 0.6 is 0 Å². The van der Waals surface area contributed by atoms with Crippen molar-refractivity contribution in [2.75, 3.05) is 0 Å². The fourth-order valence-electron chi connectivity index (χ4n) is 0. The average Bonchev–Trinajstić information content (AvgIpc) is 1.37. The lowest BCUT2D eigenvalue weighted by Crippen LogP contribution is -1.40. The second kappa shape index (κ2) is 2.61. The molecule has 0 unspecified atom stereocenters. The van der Waals surface area contributed by atoms with Crippen molar-refractivity contribution in [1.29, 1.82) is 0 Å². The van der Waals surface area contributed by atoms with Crippen molar-refractivity contribution in [2.24, 2.45) is 0 Å². The van der Waals surface area contributed by atoms with Gasteiger partial charge in [0.15, 0.2) is 0 Å². The second-order valence-electron chi connectivity index (χ2n) is 0.471. The van der Waals surface area contributed by atoms with Gasteiger partial charge in [-0.1, -0.05) is 0 Å². The first-order chi connectivity index (χ1) is 1.91. The lowest BCUT2D eigenvalue weighted by molar-refractivity contribution is 1.82. The minimum atomic E-state index is 1.64. The number of hydrogen-bond acceptors (Lipinski definition) is 0. The van der Waals surface area contributed by atoms with Crippen molar-refractivity contribution in [3.05, 3.63) is 26.0 Å². The zero-order valence-corrected chi connectivity index (χ0v) is 2.57. The van der Waals surface area contributed by atoms with E-state index in [4.69, 9.17) is 0 Å². The van der Waals surface area contributed by atoms with Crippen molar-refractivity contribution < 1.29 is 0 Å². The molecular weight excluding hydrogens is 48.0 g/mol. The third kappa shape index (κ3) is 1.61. The van der Waals surface area contributed by atoms with E-state index in [1.165, 1.54) is 0 Å². The SMILES string of the molecule is [CH2][CH+]C=C. The van der Waals surface area contributed by atoms with E-state index in [0.29, 0.717) is 0 Å². The van der Waals surface area contributed by atoms with E-state index in [9.17, 15) is 0 Å². The van der Waals surface area contributed by atoms with Crippen LogP contribution in [-0.4, -0.2) is 0 Å². The maximum atomic E-state index is 3.36. The van der Waals surface area contributed by atoms with Gasteiger partial charge in [0.05, 0.1) is 13.0 Å². The molecule has 0 amide bonds. The number of rotatable bonds is 1. The Kier molecular flexibility index (Phi) is 2.36. The molecular formula is C4H6+. The fraction of sp³-hybridized carbons (Fsp3) is 0. The second-order valence-corrected chi connectivity index (χ2v) is 0.471. The molecule has 4 heavy (non-hydrogen) atoms. The highest BCUT2D eigenvalue weighted by Gasteiger charge is 1.57. The van der Waals surface area contributed by atoms with Crippen LogP contribution in [0.3, 0.4) is 0 Å². The Morgan fingerprint density at radius 2 is 2.00 bits per heavy atom. The van der Waals surface area contributed by atoms with Crippen LogP contribution in [0.2, 0.25) is 0 Å². The molecule has 0 N–H and O–H groups in total. The van der Waals surface area contributed by atoms with Gasteiger partial charge in [-0.15, -0.1) is 0 Å². The first-order valence-electron chi connectivity index (χ1n) is 1.15. The van der Waals surface area contributed by atoms with Gasteiger partial charge >= 0.3 is 0 Å². The highest BCUT2D eigenvalue weighted by atomic mass is 13.5. The van der Waals surface area contributed by atoms with E-state index in [1.54, 1.807) is 12.5 Å². The molecule has 0 aliphatic carbocycles. The third-order valence-electron chi connectivity index (χ3n) is 0.167. The van der Waals surface area contributed by atoms with Gasteiger partial charge in [-0.2, -0.15) is 0 Å². The summed E-state index contributed by atoms with van der Waals surface area (Å²) in [5, 5.41) is 0. The Balaban J connectivity index is 2.30. The van der Waals surface area contributed by atoms with Crippen LogP contribution in [0.25, 0.3) is 0 Å². The van der Waals surface area contributed by atoms with Gasteiger partial charge in [0.25, 0.3) is 0 Å². The molecule has 0 nitrogen and oxygen atoms in total. The molecule has 0 aliphatic rings. The summed E-state index contributed by atoms with van der Waals surface area (Å²) in [6, 6.07) is 0. The lowest BCUT2D eigenvalue weighted by Gasteiger charge is -1.45. The molecule has 1 radical (unpaired) electrons. The van der Waals surface area contributed by atoms with Crippen LogP contribution in [0.15, 0.2) is 12.7 Å². The van der Waals surface area contributed by atoms with E-state index in [1.807, 2.05) is 0 Å². The fourth-order valence-corrected chi connectivity index (χ4v) is 0. The Hall–Kier alpha value is -0.390. The molecule has 0 spiro atoms. The largest absolute Gasteiger partial charge is 0.0865 e. The molecule has 0 bridgehead atoms. The van der Waals surface area contributed by atoms with Crippen LogP contribution in [0.5, 0.6) is 0 Å². The normalized spacial score (nSPS) is 5.25. The van der Waals surface area contributed by atoms with Crippen molar-refractivity contribution in [3.8, 4) is 0 Å². The molecule has 0 aromatic carbocycles. The van der Waals surface area contributed by atoms with Gasteiger partial charge < -0.3 is 0 Å². The van der Waals surface area contributed by atoms with Crippen molar-refractivity contribution in [3.63, 3.8) is 0 Å². The summed E-state index contributed by atoms with van der Waals surface area (Å²) in [5.74, 6) is 0. The third-order valence-corrected chi connectivity index (χ3v) is 0.167. The zero-order valence-electron chi connectivity index (χ0n) is 2.57. The molecule has 0 heteroatoms. The number of hydrogen-bond donors (Lipinski definition) is 0. The van der Waals surface area contributed by atoms with Gasteiger partial charge in [0, 0.05) is 13.0 Å². The van der Waals surface area contributed by atoms with Gasteiger partial charge in [0.1, 0.15) is 0 Å². The van der Waals surface area contributed by atoms with Gasteiger partial charge in [0.2, 0.25) is 0 Å². The summed E-state index contributed by atoms with van der Waals surface area (Å²) in [5.41, 5.74) is 0. The Morgan fingerprint density at radius 1 is 1.75 bits per heavy atom. The Bertz CT molecular complexity index is 14.0. The van der Waals surface area contributed by atoms with Crippen LogP contribution in [0.4, 0.5) is 0 Å². The highest BCUT2D eigenvalue weighted by molar-refractivity contribution is 4.87. The lowest BCUT2D eigenvalue weighted by atomic mass is 10.5. The maximum absolute atomic E-state index is 3.36. The minimum Gasteiger partial charge on any atom is 0.0264 e. The number of allylic oxidation sites excluding steroid dienone is 1. The van der Waals surface area contributed by atoms with E-state index in [0.717, 1.165) is 0 Å². The van der Waals surface area contributed by atoms with E-state index >= 15 is 0 Å². The molecule has 0 saturated heterocycles. The molecule has 0 rings (SSSR count). The molecule has 0 saturated carbocycles. The van der Waals surface area contributed by atoms with Crippen molar-refractivity contribution >= 4 is 0 Å². The monoisotopic (exact) mass is 54.0 g/mol. The van der Waals surface area contributed by atoms with Gasteiger partial charge in [-0.25, -0.2) is 0 Å². The molecule has 0 atom stereocenters. The molecule has 21 valence electrons. The summed E-state index contributed by atoms with van der Waals surface area (Å²) in [6.45, 7) is 6.72. The molecule has 0 fully saturated rings. The quantitative estimate of drug-likeness (QED) is 0.395. The first-order valence-corrected chi connectivity index (χ1v) is 1.15. The Labute approximate surface area is 27.1 Å². The average molecular weight is 54.1 g/mol. The zero-order chi connectivity index (χ0) is 3.41. The molecule has 0 aromatic heterocycles. The summed E-state index contributed by atoms with van der Waals surface area (Å²) in [6.07, 6.45) is 3.28. The van der Waals surface area contributed by atoms with Crippen LogP contribution in [0, 0.1) is 13.3 Å². The van der Waals surface area contributed by atoms with Crippen molar-refractivity contribution in [2.45, 2.75) is 0 Å². The highest BCUT2D eigenvalue weighted by Crippen LogP contribution is 1.62. The standard InChI is InChI=1S/C4H6/c1-3-4-2/h3-4H,1-2H2/q+1. The smallest absolute Gasteiger partial charge is 0.0264 e. The topological polar surface area (TPSA) is 0 Å². The van der Waals surface area contributed by atoms with E-state index in [2.05, 4.69) is 13.5 Å². The summed E-state index contributed by atoms with van der Waals surface area (Å²) < 4.78 is 0. The van der Waals surface area contributed by atoms with E-state index in [-0.39, 0.29) is 0 Å².